The average molecular weight is 405 g/mol. The third kappa shape index (κ3) is 4.36. The van der Waals surface area contributed by atoms with Gasteiger partial charge in [-0.3, -0.25) is 19.5 Å². The molecular weight excluding hydrogens is 382 g/mol. The first kappa shape index (κ1) is 20.3. The summed E-state index contributed by atoms with van der Waals surface area (Å²) in [6, 6.07) is 3.35. The number of H-pyrrole nitrogens is 2. The monoisotopic (exact) mass is 405 g/mol. The summed E-state index contributed by atoms with van der Waals surface area (Å²) < 4.78 is 21.6. The quantitative estimate of drug-likeness (QED) is 0.545. The number of carbonyl (C=O) groups excluding carboxylic acids is 2. The summed E-state index contributed by atoms with van der Waals surface area (Å²) in [7, 11) is 1.48. The number of aromatic nitrogens is 2. The summed E-state index contributed by atoms with van der Waals surface area (Å²) in [4.78, 5) is 36.3. The smallest absolute Gasteiger partial charge is 0.311 e. The van der Waals surface area contributed by atoms with Crippen LogP contribution in [0.25, 0.3) is 0 Å². The van der Waals surface area contributed by atoms with Crippen molar-refractivity contribution in [3.8, 4) is 17.2 Å². The van der Waals surface area contributed by atoms with Crippen LogP contribution in [0.15, 0.2) is 16.9 Å². The number of methoxy groups -OCH3 is 1. The summed E-state index contributed by atoms with van der Waals surface area (Å²) in [6.07, 6.45) is -0.307. The Morgan fingerprint density at radius 3 is 2.69 bits per heavy atom. The Balaban J connectivity index is 2.09. The fourth-order valence-corrected chi connectivity index (χ4v) is 3.35. The summed E-state index contributed by atoms with van der Waals surface area (Å²) in [5, 5.41) is 5.17. The van der Waals surface area contributed by atoms with Crippen LogP contribution in [-0.4, -0.2) is 49.0 Å². The number of nitrogens with one attached hydrogen (secondary N) is 2. The maximum absolute atomic E-state index is 12.5. The number of aromatic amines is 2. The highest BCUT2D eigenvalue weighted by atomic mass is 16.6. The minimum absolute atomic E-state index is 0.153. The van der Waals surface area contributed by atoms with Gasteiger partial charge in [0.1, 0.15) is 13.2 Å². The van der Waals surface area contributed by atoms with E-state index in [0.717, 1.165) is 0 Å². The molecule has 3 rings (SSSR count). The highest BCUT2D eigenvalue weighted by Gasteiger charge is 2.29. The first-order chi connectivity index (χ1) is 13.9. The number of nitrogens with two attached hydrogens (primary N) is 1. The largest absolute Gasteiger partial charge is 0.493 e. The van der Waals surface area contributed by atoms with Crippen molar-refractivity contribution >= 4 is 11.9 Å². The van der Waals surface area contributed by atoms with Crippen LogP contribution in [0.1, 0.15) is 36.1 Å². The molecule has 29 heavy (non-hydrogen) atoms. The van der Waals surface area contributed by atoms with E-state index in [1.807, 2.05) is 0 Å². The molecular formula is C19H23N3O7. The SMILES string of the molecule is CCOC(=O)Cc1[nH][nH]c(=O)c1[C@@H](CC(N)=O)c1cc(OC)c2c(c1)OCCO2. The molecule has 0 fully saturated rings. The van der Waals surface area contributed by atoms with Gasteiger partial charge < -0.3 is 29.8 Å². The third-order valence-corrected chi connectivity index (χ3v) is 4.53. The van der Waals surface area contributed by atoms with E-state index in [0.29, 0.717) is 41.7 Å². The van der Waals surface area contributed by atoms with Gasteiger partial charge >= 0.3 is 5.97 Å². The van der Waals surface area contributed by atoms with Crippen LogP contribution >= 0.6 is 0 Å². The summed E-state index contributed by atoms with van der Waals surface area (Å²) >= 11 is 0. The fourth-order valence-electron chi connectivity index (χ4n) is 3.35. The third-order valence-electron chi connectivity index (χ3n) is 4.53. The van der Waals surface area contributed by atoms with Gasteiger partial charge in [0.15, 0.2) is 11.5 Å². The Labute approximate surface area is 166 Å². The van der Waals surface area contributed by atoms with E-state index in [9.17, 15) is 14.4 Å². The fraction of sp³-hybridized carbons (Fsp3) is 0.421. The number of primary amides is 1. The van der Waals surface area contributed by atoms with E-state index in [1.54, 1.807) is 19.1 Å². The average Bonchev–Trinajstić information content (AvgIpc) is 3.05. The van der Waals surface area contributed by atoms with Gasteiger partial charge in [-0.15, -0.1) is 0 Å². The number of ether oxygens (including phenoxy) is 4. The van der Waals surface area contributed by atoms with Crippen molar-refractivity contribution in [1.82, 2.24) is 10.2 Å². The van der Waals surface area contributed by atoms with Crippen molar-refractivity contribution in [2.24, 2.45) is 5.73 Å². The second-order valence-electron chi connectivity index (χ2n) is 6.42. The van der Waals surface area contributed by atoms with E-state index in [2.05, 4.69) is 10.2 Å². The summed E-state index contributed by atoms with van der Waals surface area (Å²) in [5.41, 5.74) is 6.13. The molecule has 0 unspecified atom stereocenters. The molecule has 4 N–H and O–H groups in total. The Hall–Kier alpha value is -3.43. The van der Waals surface area contributed by atoms with Crippen LogP contribution < -0.4 is 25.5 Å². The normalized spacial score (nSPS) is 13.6. The molecule has 10 nitrogen and oxygen atoms in total. The Morgan fingerprint density at radius 1 is 1.24 bits per heavy atom. The number of benzene rings is 1. The lowest BCUT2D eigenvalue weighted by atomic mass is 9.87. The van der Waals surface area contributed by atoms with E-state index in [-0.39, 0.29) is 25.0 Å². The standard InChI is InChI=1S/C19H23N3O7/c1-3-27-16(24)9-12-17(19(25)22-21-12)11(8-15(20)23)10-6-13(26-2)18-14(7-10)28-4-5-29-18/h6-7,11H,3-5,8-9H2,1-2H3,(H2,20,23)(H2,21,22,25)/t11-/m0/s1. The minimum Gasteiger partial charge on any atom is -0.493 e. The lowest BCUT2D eigenvalue weighted by Crippen LogP contribution is -2.22. The molecule has 0 radical (unpaired) electrons. The van der Waals surface area contributed by atoms with Crippen LogP contribution in [0.3, 0.4) is 0 Å². The Kier molecular flexibility index (Phi) is 6.10. The lowest BCUT2D eigenvalue weighted by molar-refractivity contribution is -0.142. The van der Waals surface area contributed by atoms with E-state index >= 15 is 0 Å². The van der Waals surface area contributed by atoms with Crippen LogP contribution in [0.2, 0.25) is 0 Å². The molecule has 0 saturated carbocycles. The van der Waals surface area contributed by atoms with Crippen LogP contribution in [0.4, 0.5) is 0 Å². The van der Waals surface area contributed by atoms with Crippen molar-refractivity contribution in [1.29, 1.82) is 0 Å². The molecule has 1 amide bonds. The molecule has 0 saturated heterocycles. The van der Waals surface area contributed by atoms with E-state index in [4.69, 9.17) is 24.7 Å². The molecule has 2 heterocycles. The van der Waals surface area contributed by atoms with Crippen LogP contribution in [0.5, 0.6) is 17.2 Å². The second kappa shape index (κ2) is 8.72. The first-order valence-electron chi connectivity index (χ1n) is 9.15. The predicted molar refractivity (Wildman–Crippen MR) is 101 cm³/mol. The Morgan fingerprint density at radius 2 is 2.00 bits per heavy atom. The number of fused-ring (bicyclic) bond motifs is 1. The van der Waals surface area contributed by atoms with Gasteiger partial charge in [0, 0.05) is 17.9 Å². The van der Waals surface area contributed by atoms with Gasteiger partial charge in [0.2, 0.25) is 11.7 Å². The molecule has 1 aliphatic rings. The number of hydrogen-bond donors (Lipinski definition) is 3. The minimum atomic E-state index is -0.725. The van der Waals surface area contributed by atoms with Gasteiger partial charge in [0.05, 0.1) is 25.8 Å². The van der Waals surface area contributed by atoms with Crippen molar-refractivity contribution in [2.75, 3.05) is 26.9 Å². The molecule has 0 bridgehead atoms. The number of carbonyl (C=O) groups is 2. The molecule has 1 aliphatic heterocycles. The van der Waals surface area contributed by atoms with Gasteiger partial charge in [0.25, 0.3) is 5.56 Å². The summed E-state index contributed by atoms with van der Waals surface area (Å²) in [6.45, 7) is 2.65. The molecule has 0 spiro atoms. The highest BCUT2D eigenvalue weighted by Crippen LogP contribution is 2.43. The van der Waals surface area contributed by atoms with Gasteiger partial charge in [-0.05, 0) is 24.6 Å². The zero-order valence-electron chi connectivity index (χ0n) is 16.2. The van der Waals surface area contributed by atoms with E-state index < -0.39 is 23.4 Å². The molecule has 2 aromatic rings. The van der Waals surface area contributed by atoms with Crippen molar-refractivity contribution in [3.63, 3.8) is 0 Å². The number of rotatable bonds is 8. The maximum Gasteiger partial charge on any atom is 0.311 e. The Bertz CT molecular complexity index is 946. The van der Waals surface area contributed by atoms with Gasteiger partial charge in [-0.25, -0.2) is 0 Å². The molecule has 1 aromatic carbocycles. The first-order valence-corrected chi connectivity index (χ1v) is 9.15. The van der Waals surface area contributed by atoms with E-state index in [1.165, 1.54) is 7.11 Å². The van der Waals surface area contributed by atoms with Crippen molar-refractivity contribution in [3.05, 3.63) is 39.3 Å². The lowest BCUT2D eigenvalue weighted by Gasteiger charge is -2.23. The number of esters is 1. The van der Waals surface area contributed by atoms with Gasteiger partial charge in [-0.2, -0.15) is 0 Å². The zero-order chi connectivity index (χ0) is 21.0. The number of amides is 1. The number of hydrogen-bond acceptors (Lipinski definition) is 7. The molecule has 0 aliphatic carbocycles. The summed E-state index contributed by atoms with van der Waals surface area (Å²) in [5.74, 6) is -0.524. The zero-order valence-corrected chi connectivity index (χ0v) is 16.2. The highest BCUT2D eigenvalue weighted by molar-refractivity contribution is 5.76. The van der Waals surface area contributed by atoms with Gasteiger partial charge in [-0.1, -0.05) is 0 Å². The molecule has 1 atom stereocenters. The molecule has 156 valence electrons. The van der Waals surface area contributed by atoms with Crippen LogP contribution in [-0.2, 0) is 20.7 Å². The molecule has 10 heteroatoms. The van der Waals surface area contributed by atoms with Crippen molar-refractivity contribution < 1.29 is 28.5 Å². The maximum atomic E-state index is 12.5. The topological polar surface area (TPSA) is 146 Å². The van der Waals surface area contributed by atoms with Crippen LogP contribution in [0, 0.1) is 0 Å². The second-order valence-corrected chi connectivity index (χ2v) is 6.42. The molecule has 1 aromatic heterocycles. The predicted octanol–water partition coefficient (Wildman–Crippen LogP) is 0.596. The van der Waals surface area contributed by atoms with Crippen molar-refractivity contribution in [2.45, 2.75) is 25.7 Å².